The molecule has 3 aromatic rings. The second-order valence-electron chi connectivity index (χ2n) is 4.78. The molecule has 1 N–H and O–H groups in total. The Morgan fingerprint density at radius 1 is 1.33 bits per heavy atom. The van der Waals surface area contributed by atoms with E-state index in [2.05, 4.69) is 16.2 Å². The molecule has 0 aliphatic heterocycles. The van der Waals surface area contributed by atoms with Crippen molar-refractivity contribution in [2.75, 3.05) is 0 Å². The Morgan fingerprint density at radius 3 is 2.83 bits per heavy atom. The van der Waals surface area contributed by atoms with Gasteiger partial charge in [-0.1, -0.05) is 12.1 Å². The molecule has 2 heterocycles. The van der Waals surface area contributed by atoms with Gasteiger partial charge in [0.1, 0.15) is 5.75 Å². The highest BCUT2D eigenvalue weighted by molar-refractivity contribution is 14.1. The van der Waals surface area contributed by atoms with Gasteiger partial charge < -0.3 is 8.17 Å². The molecular formula is C16H9IN4O3. The Labute approximate surface area is 150 Å². The minimum atomic E-state index is -1.08. The van der Waals surface area contributed by atoms with Crippen LogP contribution in [0.15, 0.2) is 48.9 Å². The van der Waals surface area contributed by atoms with E-state index in [-0.39, 0.29) is 5.56 Å². The maximum atomic E-state index is 10.9. The van der Waals surface area contributed by atoms with E-state index in [0.29, 0.717) is 22.7 Å². The molecule has 0 aliphatic carbocycles. The molecule has 0 fully saturated rings. The van der Waals surface area contributed by atoms with Crippen molar-refractivity contribution in [1.82, 2.24) is 14.8 Å². The number of carboxylic acid groups (broad SMARTS) is 1. The van der Waals surface area contributed by atoms with Crippen LogP contribution in [0, 0.1) is 11.3 Å². The van der Waals surface area contributed by atoms with Crippen LogP contribution in [0.4, 0.5) is 0 Å². The predicted molar refractivity (Wildman–Crippen MR) is 93.1 cm³/mol. The fourth-order valence-electron chi connectivity index (χ4n) is 2.16. The van der Waals surface area contributed by atoms with E-state index in [4.69, 9.17) is 8.17 Å². The summed E-state index contributed by atoms with van der Waals surface area (Å²) in [4.78, 5) is 15.2. The van der Waals surface area contributed by atoms with Crippen LogP contribution in [0.3, 0.4) is 0 Å². The highest BCUT2D eigenvalue weighted by Gasteiger charge is 2.12. The first kappa shape index (κ1) is 15.9. The second-order valence-corrected chi connectivity index (χ2v) is 5.22. The third-order valence-electron chi connectivity index (χ3n) is 3.31. The van der Waals surface area contributed by atoms with Gasteiger partial charge in [-0.25, -0.2) is 14.5 Å². The normalized spacial score (nSPS) is 10.2. The van der Waals surface area contributed by atoms with Crippen molar-refractivity contribution in [1.29, 1.82) is 5.26 Å². The number of carboxylic acids is 1. The zero-order valence-electron chi connectivity index (χ0n) is 12.0. The van der Waals surface area contributed by atoms with Crippen LogP contribution >= 0.6 is 23.0 Å². The molecule has 0 spiro atoms. The molecule has 0 bridgehead atoms. The van der Waals surface area contributed by atoms with Crippen molar-refractivity contribution in [2.24, 2.45) is 0 Å². The average Bonchev–Trinajstić information content (AvgIpc) is 3.11. The molecule has 7 nitrogen and oxygen atoms in total. The molecule has 0 saturated heterocycles. The first-order valence-electron chi connectivity index (χ1n) is 6.70. The SMILES string of the molecule is N#Cc1cc(-n2cc(C(=O)O)cn2)ncc1-c1cccc(OI)c1. The van der Waals surface area contributed by atoms with Gasteiger partial charge in [0.25, 0.3) is 0 Å². The molecule has 2 aromatic heterocycles. The molecule has 24 heavy (non-hydrogen) atoms. The van der Waals surface area contributed by atoms with Crippen LogP contribution in [-0.4, -0.2) is 25.8 Å². The molecule has 0 saturated carbocycles. The molecular weight excluding hydrogens is 423 g/mol. The summed E-state index contributed by atoms with van der Waals surface area (Å²) >= 11 is 1.79. The zero-order chi connectivity index (χ0) is 17.1. The summed E-state index contributed by atoms with van der Waals surface area (Å²) in [6.07, 6.45) is 4.13. The minimum absolute atomic E-state index is 0.0475. The number of pyridine rings is 1. The Bertz CT molecular complexity index is 962. The van der Waals surface area contributed by atoms with Gasteiger partial charge in [-0.15, -0.1) is 0 Å². The largest absolute Gasteiger partial charge is 0.478 e. The first-order valence-corrected chi connectivity index (χ1v) is 7.58. The monoisotopic (exact) mass is 432 g/mol. The van der Waals surface area contributed by atoms with Gasteiger partial charge in [0.2, 0.25) is 0 Å². The highest BCUT2D eigenvalue weighted by Crippen LogP contribution is 2.27. The average molecular weight is 432 g/mol. The third-order valence-corrected chi connectivity index (χ3v) is 3.82. The highest BCUT2D eigenvalue weighted by atomic mass is 127. The number of halogens is 1. The van der Waals surface area contributed by atoms with E-state index in [9.17, 15) is 10.1 Å². The summed E-state index contributed by atoms with van der Waals surface area (Å²) in [5.74, 6) is -0.0441. The number of hydrogen-bond donors (Lipinski definition) is 1. The van der Waals surface area contributed by atoms with Crippen LogP contribution in [0.1, 0.15) is 15.9 Å². The number of nitriles is 1. The summed E-state index contributed by atoms with van der Waals surface area (Å²) < 4.78 is 6.48. The molecule has 0 radical (unpaired) electrons. The van der Waals surface area contributed by atoms with Crippen LogP contribution in [0.2, 0.25) is 0 Å². The molecule has 0 aliphatic rings. The maximum Gasteiger partial charge on any atom is 0.338 e. The van der Waals surface area contributed by atoms with Crippen LogP contribution in [0.25, 0.3) is 16.9 Å². The van der Waals surface area contributed by atoms with E-state index in [0.717, 1.165) is 5.56 Å². The summed E-state index contributed by atoms with van der Waals surface area (Å²) in [6, 6.07) is 11.0. The van der Waals surface area contributed by atoms with E-state index in [1.165, 1.54) is 17.1 Å². The number of aromatic carboxylic acids is 1. The lowest BCUT2D eigenvalue weighted by Crippen LogP contribution is -2.00. The summed E-state index contributed by atoms with van der Waals surface area (Å²) in [5, 5.41) is 22.3. The number of carbonyl (C=O) groups is 1. The molecule has 118 valence electrons. The standard InChI is InChI=1S/C16H9IN4O3/c17-24-13-3-1-2-10(4-13)14-8-19-15(5-11(14)6-18)21-9-12(7-20-21)16(22)23/h1-5,7-9H,(H,22,23). The Kier molecular flexibility index (Phi) is 4.43. The number of benzene rings is 1. The molecule has 1 aromatic carbocycles. The fraction of sp³-hybridized carbons (Fsp3) is 0. The molecule has 0 amide bonds. The first-order chi connectivity index (χ1) is 11.6. The van der Waals surface area contributed by atoms with E-state index in [1.807, 2.05) is 12.1 Å². The van der Waals surface area contributed by atoms with Crippen LogP contribution in [0.5, 0.6) is 5.75 Å². The second kappa shape index (κ2) is 6.67. The van der Waals surface area contributed by atoms with Crippen molar-refractivity contribution in [3.8, 4) is 28.8 Å². The van der Waals surface area contributed by atoms with Gasteiger partial charge in [0.15, 0.2) is 28.8 Å². The van der Waals surface area contributed by atoms with E-state index in [1.54, 1.807) is 47.4 Å². The van der Waals surface area contributed by atoms with Crippen molar-refractivity contribution in [2.45, 2.75) is 0 Å². The van der Waals surface area contributed by atoms with E-state index >= 15 is 0 Å². The Hall–Kier alpha value is -2.93. The van der Waals surface area contributed by atoms with Gasteiger partial charge in [-0.05, 0) is 17.7 Å². The van der Waals surface area contributed by atoms with Crippen molar-refractivity contribution < 1.29 is 13.0 Å². The number of rotatable bonds is 4. The number of nitrogens with zero attached hydrogens (tertiary/aromatic N) is 4. The predicted octanol–water partition coefficient (Wildman–Crippen LogP) is 3.23. The van der Waals surface area contributed by atoms with Crippen molar-refractivity contribution >= 4 is 29.0 Å². The summed E-state index contributed by atoms with van der Waals surface area (Å²) in [7, 11) is 0. The lowest BCUT2D eigenvalue weighted by Gasteiger charge is -2.07. The summed E-state index contributed by atoms with van der Waals surface area (Å²) in [5.41, 5.74) is 1.90. The minimum Gasteiger partial charge on any atom is -0.478 e. The van der Waals surface area contributed by atoms with Gasteiger partial charge in [-0.2, -0.15) is 10.4 Å². The Balaban J connectivity index is 2.04. The smallest absolute Gasteiger partial charge is 0.338 e. The third kappa shape index (κ3) is 3.07. The van der Waals surface area contributed by atoms with Gasteiger partial charge in [0, 0.05) is 24.0 Å². The van der Waals surface area contributed by atoms with E-state index < -0.39 is 5.97 Å². The maximum absolute atomic E-state index is 10.9. The Morgan fingerprint density at radius 2 is 2.17 bits per heavy atom. The van der Waals surface area contributed by atoms with Gasteiger partial charge >= 0.3 is 5.97 Å². The lowest BCUT2D eigenvalue weighted by atomic mass is 10.0. The van der Waals surface area contributed by atoms with Gasteiger partial charge in [-0.3, -0.25) is 0 Å². The molecule has 0 unspecified atom stereocenters. The lowest BCUT2D eigenvalue weighted by molar-refractivity contribution is 0.0697. The molecule has 3 rings (SSSR count). The molecule has 8 heteroatoms. The quantitative estimate of drug-likeness (QED) is 0.636. The number of hydrogen-bond acceptors (Lipinski definition) is 5. The van der Waals surface area contributed by atoms with Gasteiger partial charge in [0.05, 0.1) is 23.4 Å². The fourth-order valence-corrected chi connectivity index (χ4v) is 2.44. The van der Waals surface area contributed by atoms with Crippen molar-refractivity contribution in [3.05, 3.63) is 60.0 Å². The topological polar surface area (TPSA) is 101 Å². The van der Waals surface area contributed by atoms with Crippen LogP contribution in [-0.2, 0) is 0 Å². The van der Waals surface area contributed by atoms with Crippen molar-refractivity contribution in [3.63, 3.8) is 0 Å². The summed E-state index contributed by atoms with van der Waals surface area (Å²) in [6.45, 7) is 0. The number of aromatic nitrogens is 3. The van der Waals surface area contributed by atoms with Crippen LogP contribution < -0.4 is 3.07 Å². The molecule has 0 atom stereocenters. The zero-order valence-corrected chi connectivity index (χ0v) is 14.2.